The molecule has 0 radical (unpaired) electrons. The van der Waals surface area contributed by atoms with Gasteiger partial charge in [0.25, 0.3) is 0 Å². The Morgan fingerprint density at radius 1 is 1.12 bits per heavy atom. The standard InChI is InChI=1S/C22H27ClIN3O4S/c1-4-13-25-22(29)16(2)26(14-17-7-5-6-8-20(17)23)21(28)15-27(32(3,30)31)19-11-9-18(24)10-12-19/h5-12,16H,4,13-15H2,1-3H3,(H,25,29)/t16-/m0/s1. The third kappa shape index (κ3) is 7.35. The van der Waals surface area contributed by atoms with Crippen molar-refractivity contribution in [2.45, 2.75) is 32.9 Å². The summed E-state index contributed by atoms with van der Waals surface area (Å²) in [6.45, 7) is 3.67. The lowest BCUT2D eigenvalue weighted by Gasteiger charge is -2.31. The SMILES string of the molecule is CCCNC(=O)[C@H](C)N(Cc1ccccc1Cl)C(=O)CN(c1ccc(I)cc1)S(C)(=O)=O. The first-order valence-corrected chi connectivity index (χ1v) is 13.4. The largest absolute Gasteiger partial charge is 0.354 e. The Hall–Kier alpha value is -1.85. The second-order valence-electron chi connectivity index (χ2n) is 7.33. The van der Waals surface area contributed by atoms with E-state index in [4.69, 9.17) is 11.6 Å². The summed E-state index contributed by atoms with van der Waals surface area (Å²) in [5.74, 6) is -0.819. The monoisotopic (exact) mass is 591 g/mol. The van der Waals surface area contributed by atoms with Crippen LogP contribution in [-0.2, 0) is 26.2 Å². The van der Waals surface area contributed by atoms with Crippen molar-refractivity contribution in [3.63, 3.8) is 0 Å². The summed E-state index contributed by atoms with van der Waals surface area (Å²) >= 11 is 8.40. The fraction of sp³-hybridized carbons (Fsp3) is 0.364. The number of carbonyl (C=O) groups excluding carboxylic acids is 2. The molecule has 174 valence electrons. The van der Waals surface area contributed by atoms with Gasteiger partial charge in [0.1, 0.15) is 12.6 Å². The smallest absolute Gasteiger partial charge is 0.244 e. The molecule has 0 aliphatic carbocycles. The van der Waals surface area contributed by atoms with Crippen molar-refractivity contribution in [2.24, 2.45) is 0 Å². The van der Waals surface area contributed by atoms with Crippen LogP contribution in [0.1, 0.15) is 25.8 Å². The summed E-state index contributed by atoms with van der Waals surface area (Å²) in [4.78, 5) is 27.4. The number of amides is 2. The van der Waals surface area contributed by atoms with E-state index in [0.29, 0.717) is 22.8 Å². The molecule has 0 bridgehead atoms. The number of rotatable bonds is 10. The van der Waals surface area contributed by atoms with E-state index in [0.717, 1.165) is 20.6 Å². The van der Waals surface area contributed by atoms with Crippen LogP contribution in [0.4, 0.5) is 5.69 Å². The van der Waals surface area contributed by atoms with Gasteiger partial charge in [-0.15, -0.1) is 0 Å². The van der Waals surface area contributed by atoms with E-state index in [9.17, 15) is 18.0 Å². The maximum Gasteiger partial charge on any atom is 0.244 e. The average molecular weight is 592 g/mol. The summed E-state index contributed by atoms with van der Waals surface area (Å²) in [7, 11) is -3.74. The molecule has 7 nitrogen and oxygen atoms in total. The molecule has 0 unspecified atom stereocenters. The summed E-state index contributed by atoms with van der Waals surface area (Å²) in [6, 6.07) is 13.0. The van der Waals surface area contributed by atoms with Crippen LogP contribution in [0.25, 0.3) is 0 Å². The topological polar surface area (TPSA) is 86.8 Å². The fourth-order valence-electron chi connectivity index (χ4n) is 3.01. The number of halogens is 2. The summed E-state index contributed by atoms with van der Waals surface area (Å²) in [6.07, 6.45) is 1.81. The first-order chi connectivity index (χ1) is 15.0. The number of sulfonamides is 1. The molecule has 10 heteroatoms. The van der Waals surface area contributed by atoms with Crippen LogP contribution in [0.5, 0.6) is 0 Å². The number of carbonyl (C=O) groups is 2. The van der Waals surface area contributed by atoms with Gasteiger partial charge in [-0.25, -0.2) is 8.42 Å². The zero-order valence-corrected chi connectivity index (χ0v) is 21.9. The maximum absolute atomic E-state index is 13.4. The van der Waals surface area contributed by atoms with Crippen molar-refractivity contribution in [3.8, 4) is 0 Å². The summed E-state index contributed by atoms with van der Waals surface area (Å²) in [5, 5.41) is 3.25. The van der Waals surface area contributed by atoms with E-state index in [1.807, 2.05) is 6.92 Å². The predicted octanol–water partition coefficient (Wildman–Crippen LogP) is 3.65. The summed E-state index contributed by atoms with van der Waals surface area (Å²) < 4.78 is 27.0. The highest BCUT2D eigenvalue weighted by atomic mass is 127. The van der Waals surface area contributed by atoms with Gasteiger partial charge in [0.15, 0.2) is 0 Å². The van der Waals surface area contributed by atoms with Gasteiger partial charge in [0.05, 0.1) is 11.9 Å². The number of nitrogens with zero attached hydrogens (tertiary/aromatic N) is 2. The van der Waals surface area contributed by atoms with E-state index >= 15 is 0 Å². The second-order valence-corrected chi connectivity index (χ2v) is 10.9. The van der Waals surface area contributed by atoms with Crippen molar-refractivity contribution in [2.75, 3.05) is 23.7 Å². The first-order valence-electron chi connectivity index (χ1n) is 10.1. The van der Waals surface area contributed by atoms with Gasteiger partial charge in [0.2, 0.25) is 21.8 Å². The van der Waals surface area contributed by atoms with Crippen LogP contribution < -0.4 is 9.62 Å². The van der Waals surface area contributed by atoms with Gasteiger partial charge in [-0.1, -0.05) is 36.7 Å². The van der Waals surface area contributed by atoms with Crippen LogP contribution >= 0.6 is 34.2 Å². The molecule has 0 saturated heterocycles. The highest BCUT2D eigenvalue weighted by Crippen LogP contribution is 2.22. The van der Waals surface area contributed by atoms with Gasteiger partial charge >= 0.3 is 0 Å². The van der Waals surface area contributed by atoms with Gasteiger partial charge in [-0.05, 0) is 71.8 Å². The van der Waals surface area contributed by atoms with Crippen molar-refractivity contribution in [1.82, 2.24) is 10.2 Å². The Labute approximate surface area is 208 Å². The van der Waals surface area contributed by atoms with Crippen molar-refractivity contribution in [1.29, 1.82) is 0 Å². The van der Waals surface area contributed by atoms with E-state index in [2.05, 4.69) is 27.9 Å². The molecule has 2 rings (SSSR count). The average Bonchev–Trinajstić information content (AvgIpc) is 2.74. The molecule has 0 aliphatic heterocycles. The van der Waals surface area contributed by atoms with E-state index in [-0.39, 0.29) is 12.5 Å². The van der Waals surface area contributed by atoms with Gasteiger partial charge in [-0.2, -0.15) is 0 Å². The Bertz CT molecular complexity index is 1050. The summed E-state index contributed by atoms with van der Waals surface area (Å²) in [5.41, 5.74) is 1.04. The number of nitrogens with one attached hydrogen (secondary N) is 1. The predicted molar refractivity (Wildman–Crippen MR) is 136 cm³/mol. The van der Waals surface area contributed by atoms with E-state index in [1.54, 1.807) is 55.5 Å². The highest BCUT2D eigenvalue weighted by molar-refractivity contribution is 14.1. The minimum atomic E-state index is -3.74. The zero-order chi connectivity index (χ0) is 23.9. The van der Waals surface area contributed by atoms with Gasteiger partial charge in [-0.3, -0.25) is 13.9 Å². The van der Waals surface area contributed by atoms with Crippen LogP contribution in [0.3, 0.4) is 0 Å². The van der Waals surface area contributed by atoms with Crippen molar-refractivity contribution in [3.05, 3.63) is 62.7 Å². The third-order valence-corrected chi connectivity index (χ3v) is 7.04. The fourth-order valence-corrected chi connectivity index (χ4v) is 4.41. The van der Waals surface area contributed by atoms with Crippen molar-refractivity contribution < 1.29 is 18.0 Å². The Kier molecular flexibility index (Phi) is 9.78. The number of hydrogen-bond donors (Lipinski definition) is 1. The Morgan fingerprint density at radius 2 is 1.75 bits per heavy atom. The van der Waals surface area contributed by atoms with Gasteiger partial charge < -0.3 is 10.2 Å². The molecule has 0 aromatic heterocycles. The number of anilines is 1. The van der Waals surface area contributed by atoms with E-state index < -0.39 is 28.5 Å². The van der Waals surface area contributed by atoms with Crippen LogP contribution in [-0.4, -0.2) is 50.5 Å². The lowest BCUT2D eigenvalue weighted by Crippen LogP contribution is -2.51. The Balaban J connectivity index is 2.37. The molecule has 0 fully saturated rings. The molecule has 32 heavy (non-hydrogen) atoms. The third-order valence-electron chi connectivity index (χ3n) is 4.81. The molecule has 2 aromatic rings. The molecule has 1 atom stereocenters. The minimum absolute atomic E-state index is 0.0729. The van der Waals surface area contributed by atoms with Gasteiger partial charge in [0, 0.05) is 21.7 Å². The lowest BCUT2D eigenvalue weighted by molar-refractivity contribution is -0.139. The normalized spacial score (nSPS) is 12.2. The van der Waals surface area contributed by atoms with Crippen LogP contribution in [0, 0.1) is 3.57 Å². The molecule has 1 N–H and O–H groups in total. The highest BCUT2D eigenvalue weighted by Gasteiger charge is 2.30. The molecule has 2 aromatic carbocycles. The van der Waals surface area contributed by atoms with E-state index in [1.165, 1.54) is 4.90 Å². The maximum atomic E-state index is 13.4. The molecule has 0 spiro atoms. The number of benzene rings is 2. The number of hydrogen-bond acceptors (Lipinski definition) is 4. The molecular formula is C22H27ClIN3O4S. The molecule has 0 aliphatic rings. The van der Waals surface area contributed by atoms with Crippen LogP contribution in [0.15, 0.2) is 48.5 Å². The van der Waals surface area contributed by atoms with Crippen molar-refractivity contribution >= 4 is 61.7 Å². The quantitative estimate of drug-likeness (QED) is 0.428. The minimum Gasteiger partial charge on any atom is -0.354 e. The molecule has 2 amide bonds. The molecule has 0 saturated carbocycles. The second kappa shape index (κ2) is 11.9. The molecular weight excluding hydrogens is 565 g/mol. The molecule has 0 heterocycles. The van der Waals surface area contributed by atoms with Crippen LogP contribution in [0.2, 0.25) is 5.02 Å². The Morgan fingerprint density at radius 3 is 2.31 bits per heavy atom. The zero-order valence-electron chi connectivity index (χ0n) is 18.2. The first kappa shape index (κ1) is 26.4. The lowest BCUT2D eigenvalue weighted by atomic mass is 10.1.